The fourth-order valence-electron chi connectivity index (χ4n) is 4.49. The number of aromatic nitrogens is 4. The van der Waals surface area contributed by atoms with Crippen LogP contribution in [0.4, 0.5) is 10.4 Å². The van der Waals surface area contributed by atoms with Crippen LogP contribution >= 0.6 is 0 Å². The number of anilines is 1. The molecule has 1 N–H and O–H groups in total. The summed E-state index contributed by atoms with van der Waals surface area (Å²) in [6, 6.07) is 5.93. The maximum Gasteiger partial charge on any atom is 0.298 e. The zero-order valence-electron chi connectivity index (χ0n) is 18.5. The summed E-state index contributed by atoms with van der Waals surface area (Å²) >= 11 is 0. The number of rotatable bonds is 3. The summed E-state index contributed by atoms with van der Waals surface area (Å²) in [6.45, 7) is 9.22. The lowest BCUT2D eigenvalue weighted by Crippen LogP contribution is -2.52. The number of aryl methyl sites for hydroxylation is 2. The van der Waals surface area contributed by atoms with Gasteiger partial charge in [-0.3, -0.25) is 0 Å². The first kappa shape index (κ1) is 19.9. The molecule has 0 unspecified atom stereocenters. The molecule has 4 aromatic rings. The quantitative estimate of drug-likeness (QED) is 0.532. The minimum Gasteiger partial charge on any atom is -0.423 e. The van der Waals surface area contributed by atoms with E-state index in [1.165, 1.54) is 6.07 Å². The van der Waals surface area contributed by atoms with E-state index in [9.17, 15) is 4.39 Å². The zero-order chi connectivity index (χ0) is 21.9. The van der Waals surface area contributed by atoms with Gasteiger partial charge in [0.15, 0.2) is 17.0 Å². The minimum absolute atomic E-state index is 0.0511. The predicted molar refractivity (Wildman–Crippen MR) is 119 cm³/mol. The van der Waals surface area contributed by atoms with E-state index in [0.717, 1.165) is 36.3 Å². The number of nitrogens with zero attached hydrogens (tertiary/aromatic N) is 5. The fourth-order valence-corrected chi connectivity index (χ4v) is 4.49. The number of halogens is 1. The monoisotopic (exact) mass is 422 g/mol. The van der Waals surface area contributed by atoms with Gasteiger partial charge in [-0.25, -0.2) is 13.9 Å². The number of oxazole rings is 1. The largest absolute Gasteiger partial charge is 0.423 e. The summed E-state index contributed by atoms with van der Waals surface area (Å²) in [5.74, 6) is -0.414. The van der Waals surface area contributed by atoms with Crippen LogP contribution in [0.25, 0.3) is 28.0 Å². The van der Waals surface area contributed by atoms with Crippen LogP contribution in [-0.2, 0) is 0 Å². The molecule has 0 spiro atoms. The zero-order valence-corrected chi connectivity index (χ0v) is 18.5. The molecule has 1 fully saturated rings. The standard InChI is InChI=1S/C23H27FN6O/c1-13-8-18(28-30-12-14(2)26-21(13)30)15-9-17(24)20-19(10-15)31-22(27-20)29(5)16-6-7-25-23(3,4)11-16/h8-10,12,16,25H,6-7,11H2,1-5H3/t16-/m1/s1. The SMILES string of the molecule is Cc1cn2nc(-c3cc(F)c4nc(N(C)[C@@H]5CCNC(C)(C)C5)oc4c3)cc(C)c2n1. The van der Waals surface area contributed by atoms with Gasteiger partial charge in [-0.1, -0.05) is 0 Å². The van der Waals surface area contributed by atoms with Gasteiger partial charge in [-0.15, -0.1) is 0 Å². The van der Waals surface area contributed by atoms with Crippen molar-refractivity contribution < 1.29 is 8.81 Å². The van der Waals surface area contributed by atoms with E-state index in [2.05, 4.69) is 34.2 Å². The van der Waals surface area contributed by atoms with E-state index >= 15 is 0 Å². The van der Waals surface area contributed by atoms with E-state index in [0.29, 0.717) is 22.9 Å². The second-order valence-electron chi connectivity index (χ2n) is 9.23. The minimum atomic E-state index is -0.414. The van der Waals surface area contributed by atoms with Crippen LogP contribution in [0.1, 0.15) is 37.9 Å². The second-order valence-corrected chi connectivity index (χ2v) is 9.23. The Labute approximate surface area is 180 Å². The number of imidazole rings is 1. The van der Waals surface area contributed by atoms with E-state index in [-0.39, 0.29) is 17.1 Å². The molecule has 1 aliphatic heterocycles. The molecular weight excluding hydrogens is 395 g/mol. The molecule has 0 amide bonds. The third-order valence-corrected chi connectivity index (χ3v) is 6.14. The van der Waals surface area contributed by atoms with Gasteiger partial charge in [0.2, 0.25) is 0 Å². The lowest BCUT2D eigenvalue weighted by molar-refractivity contribution is 0.267. The highest BCUT2D eigenvalue weighted by Crippen LogP contribution is 2.32. The van der Waals surface area contributed by atoms with Gasteiger partial charge in [0.1, 0.15) is 5.52 Å². The number of piperidine rings is 1. The highest BCUT2D eigenvalue weighted by Gasteiger charge is 2.31. The Morgan fingerprint density at radius 1 is 1.23 bits per heavy atom. The Balaban J connectivity index is 1.53. The molecule has 31 heavy (non-hydrogen) atoms. The van der Waals surface area contributed by atoms with Crippen LogP contribution in [0.2, 0.25) is 0 Å². The summed E-state index contributed by atoms with van der Waals surface area (Å²) in [4.78, 5) is 11.0. The van der Waals surface area contributed by atoms with Crippen LogP contribution in [0.15, 0.2) is 28.8 Å². The molecule has 162 valence electrons. The fraction of sp³-hybridized carbons (Fsp3) is 0.435. The van der Waals surface area contributed by atoms with Gasteiger partial charge in [0.05, 0.1) is 17.6 Å². The third kappa shape index (κ3) is 3.54. The van der Waals surface area contributed by atoms with E-state index in [1.54, 1.807) is 4.52 Å². The number of hydrogen-bond acceptors (Lipinski definition) is 6. The van der Waals surface area contributed by atoms with E-state index in [1.807, 2.05) is 44.1 Å². The normalized spacial score (nSPS) is 18.7. The van der Waals surface area contributed by atoms with Crippen LogP contribution < -0.4 is 10.2 Å². The average Bonchev–Trinajstić information content (AvgIpc) is 3.30. The molecule has 0 radical (unpaired) electrons. The lowest BCUT2D eigenvalue weighted by atomic mass is 9.89. The molecule has 0 saturated carbocycles. The molecular formula is C23H27FN6O. The smallest absolute Gasteiger partial charge is 0.298 e. The Morgan fingerprint density at radius 3 is 2.81 bits per heavy atom. The van der Waals surface area contributed by atoms with Crippen LogP contribution in [0, 0.1) is 19.7 Å². The first-order chi connectivity index (χ1) is 14.7. The Kier molecular flexibility index (Phi) is 4.51. The topological polar surface area (TPSA) is 71.5 Å². The summed E-state index contributed by atoms with van der Waals surface area (Å²) < 4.78 is 22.8. The molecule has 8 heteroatoms. The van der Waals surface area contributed by atoms with Gasteiger partial charge in [0.25, 0.3) is 6.01 Å². The summed E-state index contributed by atoms with van der Waals surface area (Å²) in [5, 5.41) is 8.14. The molecule has 4 heterocycles. The molecule has 1 saturated heterocycles. The average molecular weight is 423 g/mol. The second kappa shape index (κ2) is 7.02. The predicted octanol–water partition coefficient (Wildman–Crippen LogP) is 4.26. The first-order valence-corrected chi connectivity index (χ1v) is 10.6. The molecule has 1 aliphatic rings. The molecule has 3 aromatic heterocycles. The first-order valence-electron chi connectivity index (χ1n) is 10.6. The van der Waals surface area contributed by atoms with Gasteiger partial charge in [0, 0.05) is 24.2 Å². The number of fused-ring (bicyclic) bond motifs is 2. The van der Waals surface area contributed by atoms with Crippen molar-refractivity contribution in [1.29, 1.82) is 0 Å². The maximum absolute atomic E-state index is 15.0. The highest BCUT2D eigenvalue weighted by molar-refractivity contribution is 5.81. The van der Waals surface area contributed by atoms with Crippen molar-refractivity contribution in [3.63, 3.8) is 0 Å². The summed E-state index contributed by atoms with van der Waals surface area (Å²) in [6.07, 6.45) is 3.81. The summed E-state index contributed by atoms with van der Waals surface area (Å²) in [7, 11) is 1.97. The van der Waals surface area contributed by atoms with Crippen molar-refractivity contribution in [3.05, 3.63) is 41.5 Å². The molecule has 0 aliphatic carbocycles. The molecule has 1 aromatic carbocycles. The number of nitrogens with one attached hydrogen (secondary N) is 1. The molecule has 1 atom stereocenters. The van der Waals surface area contributed by atoms with Crippen molar-refractivity contribution in [2.45, 2.75) is 52.1 Å². The molecule has 5 rings (SSSR count). The number of hydrogen-bond donors (Lipinski definition) is 1. The molecule has 7 nitrogen and oxygen atoms in total. The number of benzene rings is 1. The third-order valence-electron chi connectivity index (χ3n) is 6.14. The van der Waals surface area contributed by atoms with Gasteiger partial charge in [-0.2, -0.15) is 10.1 Å². The van der Waals surface area contributed by atoms with Crippen molar-refractivity contribution in [2.75, 3.05) is 18.5 Å². The van der Waals surface area contributed by atoms with Gasteiger partial charge in [-0.05, 0) is 70.8 Å². The Bertz CT molecular complexity index is 1290. The Hall–Kier alpha value is -3.00. The Morgan fingerprint density at radius 2 is 2.03 bits per heavy atom. The van der Waals surface area contributed by atoms with Crippen molar-refractivity contribution in [1.82, 2.24) is 24.9 Å². The van der Waals surface area contributed by atoms with Crippen LogP contribution in [-0.4, -0.2) is 44.8 Å². The van der Waals surface area contributed by atoms with Crippen molar-refractivity contribution >= 4 is 22.8 Å². The van der Waals surface area contributed by atoms with Crippen molar-refractivity contribution in [2.24, 2.45) is 0 Å². The van der Waals surface area contributed by atoms with Crippen molar-refractivity contribution in [3.8, 4) is 11.3 Å². The summed E-state index contributed by atoms with van der Waals surface area (Å²) in [5.41, 5.74) is 4.70. The van der Waals surface area contributed by atoms with E-state index in [4.69, 9.17) is 4.42 Å². The maximum atomic E-state index is 15.0. The van der Waals surface area contributed by atoms with Crippen LogP contribution in [0.5, 0.6) is 0 Å². The van der Waals surface area contributed by atoms with Crippen LogP contribution in [0.3, 0.4) is 0 Å². The molecule has 0 bridgehead atoms. The van der Waals surface area contributed by atoms with Gasteiger partial charge >= 0.3 is 0 Å². The van der Waals surface area contributed by atoms with Gasteiger partial charge < -0.3 is 14.6 Å². The highest BCUT2D eigenvalue weighted by atomic mass is 19.1. The van der Waals surface area contributed by atoms with E-state index < -0.39 is 5.82 Å². The lowest BCUT2D eigenvalue weighted by Gasteiger charge is -2.40.